The van der Waals surface area contributed by atoms with E-state index in [1.54, 1.807) is 0 Å². The number of anilines is 3. The molecule has 2 N–H and O–H groups in total. The molecular formula is C63H50N2. The Morgan fingerprint density at radius 2 is 0.954 bits per heavy atom. The van der Waals surface area contributed by atoms with Gasteiger partial charge in [-0.25, -0.2) is 0 Å². The maximum Gasteiger partial charge on any atom is 0.0767 e. The zero-order valence-corrected chi connectivity index (χ0v) is 36.5. The van der Waals surface area contributed by atoms with Gasteiger partial charge in [-0.1, -0.05) is 219 Å². The molecule has 0 aliphatic heterocycles. The molecule has 9 aromatic rings. The van der Waals surface area contributed by atoms with Crippen LogP contribution in [0.5, 0.6) is 0 Å². The Morgan fingerprint density at radius 3 is 1.69 bits per heavy atom. The summed E-state index contributed by atoms with van der Waals surface area (Å²) in [4.78, 5) is 0. The largest absolute Gasteiger partial charge is 0.374 e. The molecule has 0 radical (unpaired) electrons. The minimum atomic E-state index is -0.641. The maximum absolute atomic E-state index is 4.85. The van der Waals surface area contributed by atoms with Gasteiger partial charge in [-0.2, -0.15) is 0 Å². The lowest BCUT2D eigenvalue weighted by atomic mass is 9.67. The van der Waals surface area contributed by atoms with Crippen molar-refractivity contribution < 1.29 is 0 Å². The van der Waals surface area contributed by atoms with Crippen LogP contribution >= 0.6 is 0 Å². The SMILES string of the molecule is C=C(/C=C\C=C/C)C1(c2ccccc2Nc2ccccc2)c2ccccc2-c2cc(-c3cccc(-c4cccc(NC(c5ccccc5)c5ccc(-c6ccccc6)cc5)c4)c3)ccc21. The van der Waals surface area contributed by atoms with Gasteiger partial charge in [-0.05, 0) is 127 Å². The zero-order valence-electron chi connectivity index (χ0n) is 36.5. The second-order valence-corrected chi connectivity index (χ2v) is 16.6. The highest BCUT2D eigenvalue weighted by Gasteiger charge is 2.47. The number of rotatable bonds is 13. The summed E-state index contributed by atoms with van der Waals surface area (Å²) >= 11 is 0. The van der Waals surface area contributed by atoms with E-state index < -0.39 is 5.41 Å². The van der Waals surface area contributed by atoms with Crippen molar-refractivity contribution >= 4 is 17.1 Å². The van der Waals surface area contributed by atoms with Gasteiger partial charge in [-0.15, -0.1) is 0 Å². The minimum Gasteiger partial charge on any atom is -0.374 e. The third-order valence-electron chi connectivity index (χ3n) is 12.7. The average Bonchev–Trinajstić information content (AvgIpc) is 3.67. The summed E-state index contributed by atoms with van der Waals surface area (Å²) in [6, 6.07) is 82.9. The van der Waals surface area contributed by atoms with Gasteiger partial charge in [0.15, 0.2) is 0 Å². The second-order valence-electron chi connectivity index (χ2n) is 16.6. The molecular weight excluding hydrogens is 785 g/mol. The van der Waals surface area contributed by atoms with Crippen LogP contribution < -0.4 is 10.6 Å². The molecule has 0 aromatic heterocycles. The van der Waals surface area contributed by atoms with Gasteiger partial charge in [0.05, 0.1) is 11.5 Å². The van der Waals surface area contributed by atoms with Gasteiger partial charge in [0.25, 0.3) is 0 Å². The summed E-state index contributed by atoms with van der Waals surface area (Å²) in [5, 5.41) is 7.68. The number of allylic oxidation sites excluding steroid dienone is 5. The molecule has 2 atom stereocenters. The van der Waals surface area contributed by atoms with Gasteiger partial charge in [0.1, 0.15) is 0 Å². The first-order valence-corrected chi connectivity index (χ1v) is 22.4. The van der Waals surface area contributed by atoms with Crippen LogP contribution in [-0.4, -0.2) is 0 Å². The van der Waals surface area contributed by atoms with E-state index in [9.17, 15) is 0 Å². The van der Waals surface area contributed by atoms with E-state index in [1.165, 1.54) is 50.1 Å². The van der Waals surface area contributed by atoms with E-state index in [0.717, 1.165) is 44.9 Å². The van der Waals surface area contributed by atoms with Crippen molar-refractivity contribution in [3.8, 4) is 44.5 Å². The fourth-order valence-corrected chi connectivity index (χ4v) is 9.61. The molecule has 1 aliphatic carbocycles. The fraction of sp³-hybridized carbons (Fsp3) is 0.0476. The number of benzene rings is 9. The third kappa shape index (κ3) is 8.03. The molecule has 0 bridgehead atoms. The monoisotopic (exact) mass is 834 g/mol. The minimum absolute atomic E-state index is 0.0280. The number of fused-ring (bicyclic) bond motifs is 3. The highest BCUT2D eigenvalue weighted by Crippen LogP contribution is 2.58. The standard InChI is InChI=1S/C63H50N2/c1-3-4-8-21-45(2)63(60-34-17-18-35-61(60)64-54-29-13-7-14-30-54)58-33-16-15-32-56(58)57-44-53(40-41-59(57)63)51-27-19-26-50(42-51)52-28-20-31-55(43-52)65-62(48-24-11-6-12-25-48)49-38-36-47(37-39-49)46-22-9-5-10-23-46/h3-44,62,64-65H,2H2,1H3/b4-3-,21-8-. The van der Waals surface area contributed by atoms with Crippen molar-refractivity contribution in [2.24, 2.45) is 0 Å². The van der Waals surface area contributed by atoms with Crippen molar-refractivity contribution in [3.63, 3.8) is 0 Å². The molecule has 0 spiro atoms. The number of para-hydroxylation sites is 2. The van der Waals surface area contributed by atoms with Crippen LogP contribution in [0.15, 0.2) is 267 Å². The van der Waals surface area contributed by atoms with Crippen molar-refractivity contribution in [2.75, 3.05) is 10.6 Å². The van der Waals surface area contributed by atoms with Crippen molar-refractivity contribution in [1.82, 2.24) is 0 Å². The Morgan fingerprint density at radius 1 is 0.431 bits per heavy atom. The van der Waals surface area contributed by atoms with Crippen LogP contribution in [0.25, 0.3) is 44.5 Å². The number of nitrogens with one attached hydrogen (secondary N) is 2. The Balaban J connectivity index is 1.01. The second kappa shape index (κ2) is 18.3. The molecule has 0 heterocycles. The van der Waals surface area contributed by atoms with Crippen LogP contribution in [0.2, 0.25) is 0 Å². The molecule has 0 saturated carbocycles. The Bertz CT molecular complexity index is 3160. The molecule has 65 heavy (non-hydrogen) atoms. The van der Waals surface area contributed by atoms with Crippen LogP contribution in [0, 0.1) is 0 Å². The van der Waals surface area contributed by atoms with Crippen molar-refractivity contribution in [3.05, 3.63) is 295 Å². The van der Waals surface area contributed by atoms with Crippen LogP contribution in [0.1, 0.15) is 40.8 Å². The topological polar surface area (TPSA) is 24.1 Å². The molecule has 0 amide bonds. The molecule has 2 heteroatoms. The van der Waals surface area contributed by atoms with Crippen LogP contribution in [0.3, 0.4) is 0 Å². The van der Waals surface area contributed by atoms with E-state index >= 15 is 0 Å². The van der Waals surface area contributed by atoms with E-state index in [0.29, 0.717) is 0 Å². The van der Waals surface area contributed by atoms with E-state index in [-0.39, 0.29) is 6.04 Å². The Hall–Kier alpha value is -8.20. The van der Waals surface area contributed by atoms with E-state index in [4.69, 9.17) is 6.58 Å². The van der Waals surface area contributed by atoms with Gasteiger partial charge >= 0.3 is 0 Å². The van der Waals surface area contributed by atoms with Crippen molar-refractivity contribution in [1.29, 1.82) is 0 Å². The zero-order chi connectivity index (χ0) is 44.0. The molecule has 1 aliphatic rings. The summed E-state index contributed by atoms with van der Waals surface area (Å²) in [7, 11) is 0. The summed E-state index contributed by atoms with van der Waals surface area (Å²) in [6.45, 7) is 6.89. The summed E-state index contributed by atoms with van der Waals surface area (Å²) < 4.78 is 0. The van der Waals surface area contributed by atoms with E-state index in [2.05, 4.69) is 259 Å². The number of hydrogen-bond donors (Lipinski definition) is 2. The lowest BCUT2D eigenvalue weighted by molar-refractivity contribution is 0.772. The smallest absolute Gasteiger partial charge is 0.0767 e. The Labute approximate surface area is 383 Å². The molecule has 0 saturated heterocycles. The molecule has 2 nitrogen and oxygen atoms in total. The highest BCUT2D eigenvalue weighted by molar-refractivity contribution is 5.91. The molecule has 10 rings (SSSR count). The summed E-state index contributed by atoms with van der Waals surface area (Å²) in [5.74, 6) is 0. The van der Waals surface area contributed by atoms with Gasteiger partial charge in [0, 0.05) is 17.1 Å². The third-order valence-corrected chi connectivity index (χ3v) is 12.7. The molecule has 312 valence electrons. The maximum atomic E-state index is 4.85. The molecule has 2 unspecified atom stereocenters. The Kier molecular flexibility index (Phi) is 11.5. The van der Waals surface area contributed by atoms with Gasteiger partial charge in [-0.3, -0.25) is 0 Å². The first-order chi connectivity index (χ1) is 32.1. The first kappa shape index (κ1) is 40.8. The lowest BCUT2D eigenvalue weighted by Gasteiger charge is -2.36. The quantitative estimate of drug-likeness (QED) is 0.113. The van der Waals surface area contributed by atoms with E-state index in [1.807, 2.05) is 13.0 Å². The van der Waals surface area contributed by atoms with Gasteiger partial charge in [0.2, 0.25) is 0 Å². The predicted molar refractivity (Wildman–Crippen MR) is 276 cm³/mol. The fourth-order valence-electron chi connectivity index (χ4n) is 9.61. The highest BCUT2D eigenvalue weighted by atomic mass is 14.9. The van der Waals surface area contributed by atoms with Crippen molar-refractivity contribution in [2.45, 2.75) is 18.4 Å². The summed E-state index contributed by atoms with van der Waals surface area (Å²) in [6.07, 6.45) is 8.41. The molecule has 0 fully saturated rings. The normalized spacial score (nSPS) is 14.5. The summed E-state index contributed by atoms with van der Waals surface area (Å²) in [5.41, 5.74) is 19.0. The molecule has 9 aromatic carbocycles. The average molecular weight is 835 g/mol. The predicted octanol–water partition coefficient (Wildman–Crippen LogP) is 16.6. The van der Waals surface area contributed by atoms with Crippen LogP contribution in [-0.2, 0) is 5.41 Å². The van der Waals surface area contributed by atoms with Gasteiger partial charge < -0.3 is 10.6 Å². The van der Waals surface area contributed by atoms with Crippen LogP contribution in [0.4, 0.5) is 17.1 Å². The lowest BCUT2D eigenvalue weighted by Crippen LogP contribution is -2.29. The first-order valence-electron chi connectivity index (χ1n) is 22.4. The number of hydrogen-bond acceptors (Lipinski definition) is 2.